The van der Waals surface area contributed by atoms with Crippen LogP contribution < -0.4 is 5.32 Å². The number of hydrogen-bond donors (Lipinski definition) is 1. The van der Waals surface area contributed by atoms with Gasteiger partial charge in [0.1, 0.15) is 11.6 Å². The molecular formula is C28H28ClN3O3. The Labute approximate surface area is 210 Å². The predicted molar refractivity (Wildman–Crippen MR) is 139 cm³/mol. The molecule has 0 aliphatic carbocycles. The van der Waals surface area contributed by atoms with Crippen LogP contribution in [0.3, 0.4) is 0 Å². The molecule has 180 valence electrons. The second kappa shape index (κ2) is 11.5. The highest BCUT2D eigenvalue weighted by atomic mass is 35.5. The summed E-state index contributed by atoms with van der Waals surface area (Å²) in [6.45, 7) is 8.16. The predicted octanol–water partition coefficient (Wildman–Crippen LogP) is 6.56. The third-order valence-electron chi connectivity index (χ3n) is 5.68. The Kier molecular flexibility index (Phi) is 8.51. The van der Waals surface area contributed by atoms with Crippen molar-refractivity contribution in [3.63, 3.8) is 0 Å². The average Bonchev–Trinajstić information content (AvgIpc) is 3.12. The van der Waals surface area contributed by atoms with Gasteiger partial charge in [-0.1, -0.05) is 31.0 Å². The van der Waals surface area contributed by atoms with E-state index in [0.717, 1.165) is 41.0 Å². The largest absolute Gasteiger partial charge is 0.462 e. The number of ether oxygens (including phenoxy) is 1. The number of benzene rings is 2. The number of rotatable bonds is 8. The molecule has 0 saturated heterocycles. The van der Waals surface area contributed by atoms with Crippen molar-refractivity contribution in [3.8, 4) is 11.8 Å². The van der Waals surface area contributed by atoms with E-state index < -0.39 is 5.91 Å². The number of nitriles is 1. The molecule has 0 atom stereocenters. The fourth-order valence-corrected chi connectivity index (χ4v) is 3.86. The number of aryl methyl sites for hydroxylation is 2. The minimum Gasteiger partial charge on any atom is -0.462 e. The van der Waals surface area contributed by atoms with Gasteiger partial charge in [0.05, 0.1) is 12.2 Å². The number of esters is 1. The van der Waals surface area contributed by atoms with Crippen LogP contribution in [-0.2, 0) is 9.53 Å². The molecule has 0 unspecified atom stereocenters. The van der Waals surface area contributed by atoms with Crippen LogP contribution in [0.1, 0.15) is 52.6 Å². The molecule has 35 heavy (non-hydrogen) atoms. The zero-order valence-corrected chi connectivity index (χ0v) is 21.1. The molecule has 0 fully saturated rings. The Morgan fingerprint density at radius 3 is 2.49 bits per heavy atom. The minimum absolute atomic E-state index is 0.0187. The van der Waals surface area contributed by atoms with Crippen molar-refractivity contribution in [1.82, 2.24) is 4.57 Å². The van der Waals surface area contributed by atoms with Crippen LogP contribution in [0.25, 0.3) is 11.8 Å². The Balaban J connectivity index is 1.84. The maximum absolute atomic E-state index is 12.8. The SMILES string of the molecule is CCCCOC(=O)c1ccc(-n2c(C)cc(/C=C(\C#N)C(=O)Nc3cc(Cl)ccc3C)c2C)cc1. The highest BCUT2D eigenvalue weighted by Gasteiger charge is 2.15. The third-order valence-corrected chi connectivity index (χ3v) is 5.91. The summed E-state index contributed by atoms with van der Waals surface area (Å²) in [7, 11) is 0. The van der Waals surface area contributed by atoms with Gasteiger partial charge in [0.25, 0.3) is 5.91 Å². The summed E-state index contributed by atoms with van der Waals surface area (Å²) < 4.78 is 7.28. The third kappa shape index (κ3) is 6.20. The first kappa shape index (κ1) is 25.8. The monoisotopic (exact) mass is 489 g/mol. The summed E-state index contributed by atoms with van der Waals surface area (Å²) >= 11 is 6.04. The van der Waals surface area contributed by atoms with Crippen LogP contribution in [-0.4, -0.2) is 23.1 Å². The summed E-state index contributed by atoms with van der Waals surface area (Å²) in [5.41, 5.74) is 5.28. The molecule has 1 heterocycles. The van der Waals surface area contributed by atoms with Crippen molar-refractivity contribution in [2.24, 2.45) is 0 Å². The molecule has 1 N–H and O–H groups in total. The van der Waals surface area contributed by atoms with Gasteiger partial charge in [0, 0.05) is 27.8 Å². The highest BCUT2D eigenvalue weighted by Crippen LogP contribution is 2.25. The van der Waals surface area contributed by atoms with E-state index in [0.29, 0.717) is 22.9 Å². The number of hydrogen-bond acceptors (Lipinski definition) is 4. The van der Waals surface area contributed by atoms with Crippen LogP contribution in [0.5, 0.6) is 0 Å². The molecule has 6 nitrogen and oxygen atoms in total. The Bertz CT molecular complexity index is 1310. The van der Waals surface area contributed by atoms with Gasteiger partial charge in [-0.2, -0.15) is 5.26 Å². The molecule has 7 heteroatoms. The molecule has 1 amide bonds. The Hall–Kier alpha value is -3.82. The molecule has 0 saturated carbocycles. The van der Waals surface area contributed by atoms with Crippen LogP contribution in [0, 0.1) is 32.1 Å². The van der Waals surface area contributed by atoms with Crippen LogP contribution in [0.2, 0.25) is 5.02 Å². The standard InChI is InChI=1S/C28H28ClN3O3/c1-5-6-13-35-28(34)21-8-11-25(12-9-21)32-19(3)14-22(20(32)4)15-23(17-30)27(33)31-26-16-24(29)10-7-18(26)2/h7-12,14-16H,5-6,13H2,1-4H3,(H,31,33)/b23-15+. The number of amides is 1. The lowest BCUT2D eigenvalue weighted by Crippen LogP contribution is -2.14. The van der Waals surface area contributed by atoms with Crippen molar-refractivity contribution in [3.05, 3.63) is 87.2 Å². The zero-order chi connectivity index (χ0) is 25.5. The maximum Gasteiger partial charge on any atom is 0.338 e. The van der Waals surface area contributed by atoms with Crippen LogP contribution >= 0.6 is 11.6 Å². The van der Waals surface area contributed by atoms with Crippen molar-refractivity contribution >= 4 is 35.2 Å². The van der Waals surface area contributed by atoms with E-state index in [-0.39, 0.29) is 11.5 Å². The van der Waals surface area contributed by atoms with Gasteiger partial charge in [-0.15, -0.1) is 0 Å². The number of halogens is 1. The van der Waals surface area contributed by atoms with Gasteiger partial charge in [0.2, 0.25) is 0 Å². The van der Waals surface area contributed by atoms with Crippen LogP contribution in [0.4, 0.5) is 5.69 Å². The molecule has 0 bridgehead atoms. The number of carbonyl (C=O) groups is 2. The molecule has 0 aliphatic heterocycles. The zero-order valence-electron chi connectivity index (χ0n) is 20.3. The molecule has 2 aromatic carbocycles. The van der Waals surface area contributed by atoms with E-state index >= 15 is 0 Å². The number of aromatic nitrogens is 1. The Morgan fingerprint density at radius 2 is 1.83 bits per heavy atom. The topological polar surface area (TPSA) is 84.1 Å². The molecule has 3 rings (SSSR count). The fourth-order valence-electron chi connectivity index (χ4n) is 3.69. The maximum atomic E-state index is 12.8. The van der Waals surface area contributed by atoms with Crippen molar-refractivity contribution in [2.75, 3.05) is 11.9 Å². The Morgan fingerprint density at radius 1 is 1.11 bits per heavy atom. The molecule has 0 spiro atoms. The smallest absolute Gasteiger partial charge is 0.338 e. The van der Waals surface area contributed by atoms with E-state index in [1.807, 2.05) is 56.5 Å². The lowest BCUT2D eigenvalue weighted by atomic mass is 10.1. The molecule has 1 aromatic heterocycles. The lowest BCUT2D eigenvalue weighted by molar-refractivity contribution is -0.112. The van der Waals surface area contributed by atoms with Gasteiger partial charge in [0.15, 0.2) is 0 Å². The first-order chi connectivity index (χ1) is 16.7. The summed E-state index contributed by atoms with van der Waals surface area (Å²) in [5, 5.41) is 12.9. The second-order valence-corrected chi connectivity index (χ2v) is 8.72. The molecule has 0 radical (unpaired) electrons. The van der Waals surface area contributed by atoms with E-state index in [9.17, 15) is 14.9 Å². The molecule has 3 aromatic rings. The highest BCUT2D eigenvalue weighted by molar-refractivity contribution is 6.31. The van der Waals surface area contributed by atoms with Crippen molar-refractivity contribution in [1.29, 1.82) is 5.26 Å². The van der Waals surface area contributed by atoms with Crippen molar-refractivity contribution < 1.29 is 14.3 Å². The van der Waals surface area contributed by atoms with E-state index in [4.69, 9.17) is 16.3 Å². The summed E-state index contributed by atoms with van der Waals surface area (Å²) in [6, 6.07) is 16.3. The number of unbranched alkanes of at least 4 members (excludes halogenated alkanes) is 1. The number of nitrogens with one attached hydrogen (secondary N) is 1. The first-order valence-electron chi connectivity index (χ1n) is 11.4. The summed E-state index contributed by atoms with van der Waals surface area (Å²) in [5.74, 6) is -0.845. The van der Waals surface area contributed by atoms with Gasteiger partial charge in [-0.25, -0.2) is 4.79 Å². The first-order valence-corrected chi connectivity index (χ1v) is 11.8. The van der Waals surface area contributed by atoms with E-state index in [1.165, 1.54) is 0 Å². The average molecular weight is 490 g/mol. The fraction of sp³-hybridized carbons (Fsp3) is 0.250. The number of nitrogens with zero attached hydrogens (tertiary/aromatic N) is 2. The molecule has 0 aliphatic rings. The van der Waals surface area contributed by atoms with Gasteiger partial charge in [-0.3, -0.25) is 4.79 Å². The van der Waals surface area contributed by atoms with Gasteiger partial charge >= 0.3 is 5.97 Å². The van der Waals surface area contributed by atoms with E-state index in [2.05, 4.69) is 5.32 Å². The quantitative estimate of drug-likeness (QED) is 0.168. The lowest BCUT2D eigenvalue weighted by Gasteiger charge is -2.11. The summed E-state index contributed by atoms with van der Waals surface area (Å²) in [4.78, 5) is 25.0. The van der Waals surface area contributed by atoms with Gasteiger partial charge < -0.3 is 14.6 Å². The normalized spacial score (nSPS) is 11.1. The van der Waals surface area contributed by atoms with E-state index in [1.54, 1.807) is 36.4 Å². The van der Waals surface area contributed by atoms with Crippen LogP contribution in [0.15, 0.2) is 54.1 Å². The number of carbonyl (C=O) groups excluding carboxylic acids is 2. The minimum atomic E-state index is -0.506. The summed E-state index contributed by atoms with van der Waals surface area (Å²) in [6.07, 6.45) is 3.38. The second-order valence-electron chi connectivity index (χ2n) is 8.28. The van der Waals surface area contributed by atoms with Gasteiger partial charge in [-0.05, 0) is 86.9 Å². The molecular weight excluding hydrogens is 462 g/mol. The number of anilines is 1. The van der Waals surface area contributed by atoms with Crippen molar-refractivity contribution in [2.45, 2.75) is 40.5 Å².